The standard InChI is InChI=1S/C33H47F3N6O5S2/c1-49(44,45)41-12-7-29-27(24-41)31(26-3-4-28(33(34,35)36)30(23-26)48-22-17-39-13-18-46-19-14-39)37-42(29)9-2-8-38-10-5-25(6-11-38)32(43)40-15-20-47-21-16-40/h3-4,23,25H,2,5-22,24H2,1H3. The van der Waals surface area contributed by atoms with Gasteiger partial charge in [0.25, 0.3) is 0 Å². The van der Waals surface area contributed by atoms with Crippen molar-refractivity contribution in [2.45, 2.75) is 49.8 Å². The Morgan fingerprint density at radius 2 is 1.61 bits per heavy atom. The first-order valence-corrected chi connectivity index (χ1v) is 20.1. The van der Waals surface area contributed by atoms with E-state index in [0.29, 0.717) is 82.6 Å². The number of fused-ring (bicyclic) bond motifs is 1. The predicted octanol–water partition coefficient (Wildman–Crippen LogP) is 3.27. The highest BCUT2D eigenvalue weighted by atomic mass is 32.2. The molecule has 1 aromatic heterocycles. The SMILES string of the molecule is CS(=O)(=O)N1CCc2c(c(-c3ccc(C(F)(F)F)c(SCCN4CCOCC4)c3)nn2CCCN2CCC(C(=O)N3CCOCC3)CC2)C1. The molecule has 4 aliphatic heterocycles. The Morgan fingerprint density at radius 1 is 0.939 bits per heavy atom. The number of benzene rings is 1. The van der Waals surface area contributed by atoms with Gasteiger partial charge in [0.05, 0.1) is 43.9 Å². The van der Waals surface area contributed by atoms with Crippen LogP contribution in [0.4, 0.5) is 13.2 Å². The van der Waals surface area contributed by atoms with Crippen molar-refractivity contribution in [3.05, 3.63) is 35.0 Å². The number of thioether (sulfide) groups is 1. The lowest BCUT2D eigenvalue weighted by atomic mass is 9.95. The minimum absolute atomic E-state index is 0.0546. The third-order valence-electron chi connectivity index (χ3n) is 10.0. The Bertz CT molecular complexity index is 1550. The van der Waals surface area contributed by atoms with Crippen LogP contribution in [0.25, 0.3) is 11.3 Å². The summed E-state index contributed by atoms with van der Waals surface area (Å²) >= 11 is 1.19. The van der Waals surface area contributed by atoms with Crippen LogP contribution in [-0.4, -0.2) is 140 Å². The van der Waals surface area contributed by atoms with Crippen LogP contribution in [0.2, 0.25) is 0 Å². The molecule has 0 unspecified atom stereocenters. The Morgan fingerprint density at radius 3 is 2.29 bits per heavy atom. The second kappa shape index (κ2) is 16.0. The number of halogens is 3. The number of hydrogen-bond acceptors (Lipinski definition) is 9. The van der Waals surface area contributed by atoms with Gasteiger partial charge in [0.1, 0.15) is 0 Å². The summed E-state index contributed by atoms with van der Waals surface area (Å²) < 4.78 is 81.5. The molecule has 49 heavy (non-hydrogen) atoms. The van der Waals surface area contributed by atoms with E-state index in [2.05, 4.69) is 9.80 Å². The van der Waals surface area contributed by atoms with Gasteiger partial charge in [-0.15, -0.1) is 11.8 Å². The van der Waals surface area contributed by atoms with E-state index in [1.165, 1.54) is 28.4 Å². The highest BCUT2D eigenvalue weighted by molar-refractivity contribution is 7.99. The third kappa shape index (κ3) is 9.18. The molecule has 0 saturated carbocycles. The van der Waals surface area contributed by atoms with Crippen molar-refractivity contribution in [3.8, 4) is 11.3 Å². The van der Waals surface area contributed by atoms with Crippen molar-refractivity contribution in [3.63, 3.8) is 0 Å². The Kier molecular flexibility index (Phi) is 11.9. The van der Waals surface area contributed by atoms with Crippen molar-refractivity contribution < 1.29 is 35.9 Å². The molecule has 0 radical (unpaired) electrons. The van der Waals surface area contributed by atoms with Gasteiger partial charge in [-0.1, -0.05) is 6.07 Å². The number of aromatic nitrogens is 2. The maximum absolute atomic E-state index is 14.1. The molecular weight excluding hydrogens is 682 g/mol. The van der Waals surface area contributed by atoms with Crippen molar-refractivity contribution in [2.75, 3.05) is 97.3 Å². The number of amides is 1. The molecule has 1 amide bonds. The lowest BCUT2D eigenvalue weighted by molar-refractivity contribution is -0.141. The average Bonchev–Trinajstić information content (AvgIpc) is 3.46. The predicted molar refractivity (Wildman–Crippen MR) is 181 cm³/mol. The van der Waals surface area contributed by atoms with Gasteiger partial charge < -0.3 is 19.3 Å². The molecule has 0 N–H and O–H groups in total. The highest BCUT2D eigenvalue weighted by Crippen LogP contribution is 2.40. The smallest absolute Gasteiger partial charge is 0.379 e. The molecular formula is C33H47F3N6O5S2. The summed E-state index contributed by atoms with van der Waals surface area (Å²) in [6.07, 6.45) is -0.372. The summed E-state index contributed by atoms with van der Waals surface area (Å²) in [6, 6.07) is 4.16. The maximum Gasteiger partial charge on any atom is 0.417 e. The zero-order valence-corrected chi connectivity index (χ0v) is 29.8. The number of nitrogens with zero attached hydrogens (tertiary/aromatic N) is 6. The molecule has 4 aliphatic rings. The fourth-order valence-electron chi connectivity index (χ4n) is 7.19. The summed E-state index contributed by atoms with van der Waals surface area (Å²) in [7, 11) is -3.47. The fourth-order valence-corrected chi connectivity index (χ4v) is 9.09. The first kappa shape index (κ1) is 36.6. The summed E-state index contributed by atoms with van der Waals surface area (Å²) in [6.45, 7) is 9.58. The van der Waals surface area contributed by atoms with Gasteiger partial charge in [0.15, 0.2) is 0 Å². The fraction of sp³-hybridized carbons (Fsp3) is 0.697. The van der Waals surface area contributed by atoms with Crippen molar-refractivity contribution in [2.24, 2.45) is 5.92 Å². The molecule has 3 fully saturated rings. The van der Waals surface area contributed by atoms with Crippen molar-refractivity contribution in [1.82, 2.24) is 28.8 Å². The van der Waals surface area contributed by atoms with E-state index >= 15 is 0 Å². The second-order valence-corrected chi connectivity index (χ2v) is 16.4. The van der Waals surface area contributed by atoms with Gasteiger partial charge in [-0.3, -0.25) is 14.4 Å². The number of morpholine rings is 2. The number of rotatable bonds is 11. The zero-order chi connectivity index (χ0) is 34.6. The molecule has 0 atom stereocenters. The molecule has 11 nitrogen and oxygen atoms in total. The van der Waals surface area contributed by atoms with Gasteiger partial charge in [-0.2, -0.15) is 22.6 Å². The normalized spacial score (nSPS) is 20.9. The van der Waals surface area contributed by atoms with Gasteiger partial charge in [0, 0.05) is 92.2 Å². The van der Waals surface area contributed by atoms with Crippen LogP contribution in [0.1, 0.15) is 36.1 Å². The number of carbonyl (C=O) groups is 1. The topological polar surface area (TPSA) is 100 Å². The van der Waals surface area contributed by atoms with Crippen LogP contribution in [0, 0.1) is 5.92 Å². The maximum atomic E-state index is 14.1. The number of sulfonamides is 1. The number of aryl methyl sites for hydroxylation is 1. The van der Waals surface area contributed by atoms with Crippen LogP contribution in [0.15, 0.2) is 23.1 Å². The number of piperidine rings is 1. The van der Waals surface area contributed by atoms with Crippen LogP contribution in [-0.2, 0) is 50.0 Å². The van der Waals surface area contributed by atoms with E-state index in [9.17, 15) is 26.4 Å². The van der Waals surface area contributed by atoms with Crippen molar-refractivity contribution >= 4 is 27.7 Å². The molecule has 0 bridgehead atoms. The number of ether oxygens (including phenoxy) is 2. The summed E-state index contributed by atoms with van der Waals surface area (Å²) in [5.74, 6) is 0.794. The Labute approximate surface area is 291 Å². The van der Waals surface area contributed by atoms with Crippen LogP contribution in [0.3, 0.4) is 0 Å². The molecule has 272 valence electrons. The van der Waals surface area contributed by atoms with E-state index < -0.39 is 21.8 Å². The third-order valence-corrected chi connectivity index (χ3v) is 12.3. The van der Waals surface area contributed by atoms with Crippen LogP contribution >= 0.6 is 11.8 Å². The van der Waals surface area contributed by atoms with Gasteiger partial charge in [0.2, 0.25) is 15.9 Å². The number of alkyl halides is 3. The van der Waals surface area contributed by atoms with Crippen LogP contribution in [0.5, 0.6) is 0 Å². The molecule has 1 aromatic carbocycles. The Balaban J connectivity index is 1.15. The number of hydrogen-bond donors (Lipinski definition) is 0. The number of likely N-dealkylation sites (tertiary alicyclic amines) is 1. The Hall–Kier alpha value is -2.21. The second-order valence-electron chi connectivity index (χ2n) is 13.3. The lowest BCUT2D eigenvalue weighted by Gasteiger charge is -2.35. The number of carbonyl (C=O) groups excluding carboxylic acids is 1. The van der Waals surface area contributed by atoms with E-state index in [0.717, 1.165) is 69.3 Å². The van der Waals surface area contributed by atoms with E-state index in [4.69, 9.17) is 14.6 Å². The van der Waals surface area contributed by atoms with E-state index in [-0.39, 0.29) is 23.3 Å². The van der Waals surface area contributed by atoms with Gasteiger partial charge in [-0.05, 0) is 51.0 Å². The highest BCUT2D eigenvalue weighted by Gasteiger charge is 2.35. The first-order chi connectivity index (χ1) is 23.5. The summed E-state index contributed by atoms with van der Waals surface area (Å²) in [5.41, 5.74) is 2.10. The van der Waals surface area contributed by atoms with Gasteiger partial charge >= 0.3 is 6.18 Å². The quantitative estimate of drug-likeness (QED) is 0.323. The molecule has 2 aromatic rings. The molecule has 5 heterocycles. The molecule has 0 aliphatic carbocycles. The van der Waals surface area contributed by atoms with Crippen molar-refractivity contribution in [1.29, 1.82) is 0 Å². The first-order valence-electron chi connectivity index (χ1n) is 17.2. The summed E-state index contributed by atoms with van der Waals surface area (Å²) in [5, 5.41) is 4.94. The van der Waals surface area contributed by atoms with E-state index in [1.807, 2.05) is 9.58 Å². The molecule has 3 saturated heterocycles. The summed E-state index contributed by atoms with van der Waals surface area (Å²) in [4.78, 5) is 19.6. The zero-order valence-electron chi connectivity index (χ0n) is 28.1. The largest absolute Gasteiger partial charge is 0.417 e. The van der Waals surface area contributed by atoms with Crippen LogP contribution < -0.4 is 0 Å². The average molecular weight is 729 g/mol. The monoisotopic (exact) mass is 728 g/mol. The van der Waals surface area contributed by atoms with Gasteiger partial charge in [-0.25, -0.2) is 8.42 Å². The lowest BCUT2D eigenvalue weighted by Crippen LogP contribution is -2.46. The van der Waals surface area contributed by atoms with E-state index in [1.54, 1.807) is 6.07 Å². The minimum atomic E-state index is -4.50. The minimum Gasteiger partial charge on any atom is -0.379 e. The molecule has 6 rings (SSSR count). The molecule has 16 heteroatoms. The molecule has 0 spiro atoms.